The van der Waals surface area contributed by atoms with Crippen LogP contribution in [0.15, 0.2) is 24.3 Å². The van der Waals surface area contributed by atoms with Crippen LogP contribution in [0.1, 0.15) is 38.5 Å². The summed E-state index contributed by atoms with van der Waals surface area (Å²) in [5, 5.41) is 1.67. The normalized spacial score (nSPS) is 20.3. The molecule has 0 spiro atoms. The lowest BCUT2D eigenvalue weighted by atomic mass is 9.86. The van der Waals surface area contributed by atoms with Crippen molar-refractivity contribution in [1.29, 1.82) is 0 Å². The molecule has 0 unspecified atom stereocenters. The molecule has 4 nitrogen and oxygen atoms in total. The molecular weight excluding hydrogens is 406 g/mol. The van der Waals surface area contributed by atoms with Crippen LogP contribution in [-0.4, -0.2) is 42.6 Å². The molecule has 1 saturated carbocycles. The van der Waals surface area contributed by atoms with E-state index in [2.05, 4.69) is 15.9 Å². The number of hydrogen-bond acceptors (Lipinski definition) is 3. The first-order valence-corrected chi connectivity index (χ1v) is 10.4. The van der Waals surface area contributed by atoms with E-state index in [0.717, 1.165) is 57.1 Å². The molecule has 0 bridgehead atoms. The summed E-state index contributed by atoms with van der Waals surface area (Å²) < 4.78 is 11.2. The Bertz CT molecular complexity index is 518. The predicted molar refractivity (Wildman–Crippen MR) is 105 cm³/mol. The van der Waals surface area contributed by atoms with Crippen molar-refractivity contribution < 1.29 is 14.3 Å². The second kappa shape index (κ2) is 11.0. The van der Waals surface area contributed by atoms with Gasteiger partial charge in [-0.2, -0.15) is 0 Å². The van der Waals surface area contributed by atoms with Crippen LogP contribution in [0.25, 0.3) is 0 Å². The first-order chi connectivity index (χ1) is 12.1. The van der Waals surface area contributed by atoms with Gasteiger partial charge in [0.2, 0.25) is 0 Å². The molecule has 1 aliphatic carbocycles. The Balaban J connectivity index is 1.68. The molecule has 0 aliphatic heterocycles. The highest BCUT2D eigenvalue weighted by atomic mass is 79.9. The second-order valence-electron chi connectivity index (χ2n) is 6.58. The Labute approximate surface area is 163 Å². The number of unbranched alkanes of at least 4 members (excludes halogenated alkanes) is 1. The quantitative estimate of drug-likeness (QED) is 0.401. The molecule has 0 aromatic heterocycles. The number of hydrogen-bond donors (Lipinski definition) is 0. The third kappa shape index (κ3) is 7.16. The van der Waals surface area contributed by atoms with Crippen molar-refractivity contribution in [2.75, 3.05) is 25.6 Å². The van der Waals surface area contributed by atoms with Crippen LogP contribution in [0, 0.1) is 5.92 Å². The maximum Gasteiger partial charge on any atom is 0.415 e. The largest absolute Gasteiger partial charge is 0.415 e. The Hall–Kier alpha value is -0.780. The highest BCUT2D eigenvalue weighted by Crippen LogP contribution is 2.28. The molecule has 140 valence electrons. The van der Waals surface area contributed by atoms with E-state index in [-0.39, 0.29) is 12.1 Å². The minimum absolute atomic E-state index is 0.240. The van der Waals surface area contributed by atoms with Crippen LogP contribution >= 0.6 is 27.5 Å². The number of ether oxygens (including phenoxy) is 2. The molecule has 1 aliphatic rings. The fourth-order valence-electron chi connectivity index (χ4n) is 3.07. The third-order valence-corrected chi connectivity index (χ3v) is 5.51. The molecule has 2 rings (SSSR count). The molecule has 25 heavy (non-hydrogen) atoms. The smallest absolute Gasteiger partial charge is 0.410 e. The lowest BCUT2D eigenvalue weighted by Crippen LogP contribution is -2.41. The van der Waals surface area contributed by atoms with Gasteiger partial charge in [-0.25, -0.2) is 4.79 Å². The fourth-order valence-corrected chi connectivity index (χ4v) is 3.59. The first-order valence-electron chi connectivity index (χ1n) is 8.94. The highest BCUT2D eigenvalue weighted by Gasteiger charge is 2.27. The van der Waals surface area contributed by atoms with Crippen LogP contribution in [0.4, 0.5) is 4.79 Å². The van der Waals surface area contributed by atoms with Crippen LogP contribution in [0.2, 0.25) is 5.02 Å². The third-order valence-electron chi connectivity index (χ3n) is 4.70. The summed E-state index contributed by atoms with van der Waals surface area (Å²) in [6.45, 7) is 1.69. The van der Waals surface area contributed by atoms with E-state index in [4.69, 9.17) is 21.1 Å². The minimum Gasteiger partial charge on any atom is -0.410 e. The molecule has 0 heterocycles. The Kier molecular flexibility index (Phi) is 9.07. The van der Waals surface area contributed by atoms with Gasteiger partial charge in [0.05, 0.1) is 0 Å². The van der Waals surface area contributed by atoms with Gasteiger partial charge in [-0.1, -0.05) is 27.5 Å². The zero-order valence-corrected chi connectivity index (χ0v) is 17.1. The zero-order chi connectivity index (χ0) is 18.1. The molecule has 1 aromatic carbocycles. The summed E-state index contributed by atoms with van der Waals surface area (Å²) >= 11 is 9.27. The molecule has 1 fully saturated rings. The molecular formula is C19H27BrClNO3. The van der Waals surface area contributed by atoms with Crippen molar-refractivity contribution in [1.82, 2.24) is 4.90 Å². The van der Waals surface area contributed by atoms with Gasteiger partial charge in [0, 0.05) is 36.7 Å². The molecule has 0 saturated heterocycles. The SMILES string of the molecule is CN(C(=O)Oc1ccc(Cl)cc1)C1CCC(COCCCCBr)CC1. The van der Waals surface area contributed by atoms with E-state index in [0.29, 0.717) is 16.7 Å². The number of halogens is 2. The minimum atomic E-state index is -0.309. The van der Waals surface area contributed by atoms with Crippen LogP contribution in [0.5, 0.6) is 5.75 Å². The van der Waals surface area contributed by atoms with Gasteiger partial charge in [0.25, 0.3) is 0 Å². The van der Waals surface area contributed by atoms with E-state index < -0.39 is 0 Å². The maximum atomic E-state index is 12.3. The molecule has 1 aromatic rings. The number of carbonyl (C=O) groups is 1. The van der Waals surface area contributed by atoms with Crippen LogP contribution in [0.3, 0.4) is 0 Å². The van der Waals surface area contributed by atoms with Gasteiger partial charge in [-0.05, 0) is 68.7 Å². The van der Waals surface area contributed by atoms with E-state index in [1.54, 1.807) is 29.2 Å². The summed E-state index contributed by atoms with van der Waals surface area (Å²) in [4.78, 5) is 14.0. The summed E-state index contributed by atoms with van der Waals surface area (Å²) in [6.07, 6.45) is 6.16. The number of amides is 1. The van der Waals surface area contributed by atoms with Crippen molar-refractivity contribution in [2.45, 2.75) is 44.6 Å². The zero-order valence-electron chi connectivity index (χ0n) is 14.8. The second-order valence-corrected chi connectivity index (χ2v) is 7.81. The fraction of sp³-hybridized carbons (Fsp3) is 0.632. The molecule has 0 radical (unpaired) electrons. The van der Waals surface area contributed by atoms with E-state index in [1.165, 1.54) is 0 Å². The van der Waals surface area contributed by atoms with Gasteiger partial charge in [-0.15, -0.1) is 0 Å². The topological polar surface area (TPSA) is 38.8 Å². The van der Waals surface area contributed by atoms with Crippen molar-refractivity contribution in [3.63, 3.8) is 0 Å². The Morgan fingerprint density at radius 2 is 1.88 bits per heavy atom. The van der Waals surface area contributed by atoms with Gasteiger partial charge in [0.15, 0.2) is 0 Å². The molecule has 1 amide bonds. The van der Waals surface area contributed by atoms with Crippen LogP contribution in [-0.2, 0) is 4.74 Å². The summed E-state index contributed by atoms with van der Waals surface area (Å²) in [5.41, 5.74) is 0. The highest BCUT2D eigenvalue weighted by molar-refractivity contribution is 9.09. The standard InChI is InChI=1S/C19H27BrClNO3/c1-22(19(23)25-18-10-6-16(21)7-11-18)17-8-4-15(5-9-17)14-24-13-3-2-12-20/h6-7,10-11,15,17H,2-5,8-9,12-14H2,1H3. The van der Waals surface area contributed by atoms with E-state index in [1.807, 2.05) is 7.05 Å². The van der Waals surface area contributed by atoms with E-state index >= 15 is 0 Å². The monoisotopic (exact) mass is 431 g/mol. The van der Waals surface area contributed by atoms with Crippen molar-refractivity contribution in [2.24, 2.45) is 5.92 Å². The van der Waals surface area contributed by atoms with Crippen molar-refractivity contribution >= 4 is 33.6 Å². The van der Waals surface area contributed by atoms with Gasteiger partial charge >= 0.3 is 6.09 Å². The molecule has 0 N–H and O–H groups in total. The first kappa shape index (κ1) is 20.5. The molecule has 0 atom stereocenters. The number of nitrogens with zero attached hydrogens (tertiary/aromatic N) is 1. The van der Waals surface area contributed by atoms with Gasteiger partial charge in [-0.3, -0.25) is 0 Å². The van der Waals surface area contributed by atoms with Gasteiger partial charge in [0.1, 0.15) is 5.75 Å². The van der Waals surface area contributed by atoms with E-state index in [9.17, 15) is 4.79 Å². The maximum absolute atomic E-state index is 12.3. The summed E-state index contributed by atoms with van der Waals surface area (Å²) in [6, 6.07) is 7.08. The average Bonchev–Trinajstić information content (AvgIpc) is 2.63. The summed E-state index contributed by atoms with van der Waals surface area (Å²) in [5.74, 6) is 1.13. The number of rotatable bonds is 8. The number of alkyl halides is 1. The predicted octanol–water partition coefficient (Wildman–Crippen LogP) is 5.52. The van der Waals surface area contributed by atoms with Crippen LogP contribution < -0.4 is 4.74 Å². The van der Waals surface area contributed by atoms with Crippen molar-refractivity contribution in [3.05, 3.63) is 29.3 Å². The number of benzene rings is 1. The number of carbonyl (C=O) groups excluding carboxylic acids is 1. The lowest BCUT2D eigenvalue weighted by molar-refractivity contribution is 0.0670. The Morgan fingerprint density at radius 1 is 1.20 bits per heavy atom. The lowest BCUT2D eigenvalue weighted by Gasteiger charge is -2.34. The van der Waals surface area contributed by atoms with Gasteiger partial charge < -0.3 is 14.4 Å². The Morgan fingerprint density at radius 3 is 2.52 bits per heavy atom. The average molecular weight is 433 g/mol. The summed E-state index contributed by atoms with van der Waals surface area (Å²) in [7, 11) is 1.82. The molecule has 6 heteroatoms. The van der Waals surface area contributed by atoms with Crippen molar-refractivity contribution in [3.8, 4) is 5.75 Å².